The van der Waals surface area contributed by atoms with Crippen molar-refractivity contribution in [3.05, 3.63) is 42.5 Å². The van der Waals surface area contributed by atoms with E-state index in [1.54, 1.807) is 30.0 Å². The molecule has 0 saturated carbocycles. The van der Waals surface area contributed by atoms with Crippen molar-refractivity contribution < 1.29 is 4.79 Å². The van der Waals surface area contributed by atoms with Crippen molar-refractivity contribution in [2.75, 3.05) is 14.1 Å². The molecule has 0 fully saturated rings. The Balaban J connectivity index is 2.16. The van der Waals surface area contributed by atoms with E-state index in [9.17, 15) is 4.79 Å². The minimum atomic E-state index is -0.104. The zero-order valence-electron chi connectivity index (χ0n) is 11.2. The Bertz CT molecular complexity index is 535. The van der Waals surface area contributed by atoms with E-state index in [4.69, 9.17) is 0 Å². The number of hydrogen-bond acceptors (Lipinski definition) is 3. The summed E-state index contributed by atoms with van der Waals surface area (Å²) in [7, 11) is 3.40. The number of hydrogen-bond donors (Lipinski definition) is 1. The van der Waals surface area contributed by atoms with Gasteiger partial charge in [0.05, 0.1) is 11.7 Å². The van der Waals surface area contributed by atoms with Gasteiger partial charge < -0.3 is 10.2 Å². The summed E-state index contributed by atoms with van der Waals surface area (Å²) in [5.41, 5.74) is 2.01. The van der Waals surface area contributed by atoms with Gasteiger partial charge in [0.15, 0.2) is 0 Å². The molecule has 1 aromatic heterocycles. The molecule has 0 saturated heterocycles. The number of nitrogens with zero attached hydrogens (tertiary/aromatic N) is 4. The normalized spacial score (nSPS) is 11.9. The highest BCUT2D eigenvalue weighted by molar-refractivity contribution is 5.74. The highest BCUT2D eigenvalue weighted by Gasteiger charge is 2.15. The van der Waals surface area contributed by atoms with E-state index in [0.29, 0.717) is 0 Å². The Labute approximate surface area is 112 Å². The van der Waals surface area contributed by atoms with Gasteiger partial charge in [0.1, 0.15) is 12.7 Å². The van der Waals surface area contributed by atoms with Crippen molar-refractivity contribution in [2.24, 2.45) is 0 Å². The number of carbonyl (C=O) groups excluding carboxylic acids is 1. The molecule has 1 unspecified atom stereocenters. The summed E-state index contributed by atoms with van der Waals surface area (Å²) in [5.74, 6) is 0. The second kappa shape index (κ2) is 5.51. The van der Waals surface area contributed by atoms with Crippen LogP contribution >= 0.6 is 0 Å². The highest BCUT2D eigenvalue weighted by atomic mass is 16.2. The van der Waals surface area contributed by atoms with E-state index in [1.807, 2.05) is 31.2 Å². The van der Waals surface area contributed by atoms with E-state index in [2.05, 4.69) is 15.4 Å². The Morgan fingerprint density at radius 3 is 2.58 bits per heavy atom. The van der Waals surface area contributed by atoms with Crippen molar-refractivity contribution in [3.8, 4) is 5.69 Å². The van der Waals surface area contributed by atoms with Crippen molar-refractivity contribution in [1.82, 2.24) is 25.0 Å². The lowest BCUT2D eigenvalue weighted by Gasteiger charge is -2.24. The summed E-state index contributed by atoms with van der Waals surface area (Å²) in [6.45, 7) is 1.99. The molecule has 0 bridgehead atoms. The summed E-state index contributed by atoms with van der Waals surface area (Å²) >= 11 is 0. The van der Waals surface area contributed by atoms with Crippen LogP contribution < -0.4 is 5.32 Å². The van der Waals surface area contributed by atoms with Crippen LogP contribution in [0.3, 0.4) is 0 Å². The number of aromatic nitrogens is 3. The molecule has 0 aliphatic carbocycles. The topological polar surface area (TPSA) is 63.1 Å². The van der Waals surface area contributed by atoms with Gasteiger partial charge in [-0.2, -0.15) is 5.10 Å². The van der Waals surface area contributed by atoms with E-state index >= 15 is 0 Å². The first-order chi connectivity index (χ1) is 9.13. The zero-order valence-corrected chi connectivity index (χ0v) is 11.2. The molecular weight excluding hydrogens is 242 g/mol. The number of urea groups is 1. The highest BCUT2D eigenvalue weighted by Crippen LogP contribution is 2.20. The molecule has 1 atom stereocenters. The molecule has 100 valence electrons. The number of nitrogens with one attached hydrogen (secondary N) is 1. The van der Waals surface area contributed by atoms with Gasteiger partial charge in [-0.3, -0.25) is 0 Å². The fourth-order valence-electron chi connectivity index (χ4n) is 1.82. The quantitative estimate of drug-likeness (QED) is 0.910. The summed E-state index contributed by atoms with van der Waals surface area (Å²) in [5, 5.41) is 6.68. The number of carbonyl (C=O) groups is 1. The number of benzene rings is 1. The Morgan fingerprint density at radius 2 is 2.05 bits per heavy atom. The van der Waals surface area contributed by atoms with E-state index < -0.39 is 0 Å². The molecule has 0 radical (unpaired) electrons. The molecule has 1 N–H and O–H groups in total. The lowest BCUT2D eigenvalue weighted by Crippen LogP contribution is -2.36. The Kier molecular flexibility index (Phi) is 3.79. The standard InChI is InChI=1S/C13H17N5O/c1-10(17(3)13(19)14-2)11-4-6-12(7-5-11)18-9-15-8-16-18/h4-10H,1-3H3,(H,14,19). The molecule has 2 amide bonds. The molecule has 2 rings (SSSR count). The second-order valence-electron chi connectivity index (χ2n) is 4.27. The molecule has 0 aliphatic heterocycles. The van der Waals surface area contributed by atoms with Gasteiger partial charge in [0, 0.05) is 14.1 Å². The van der Waals surface area contributed by atoms with Crippen molar-refractivity contribution in [2.45, 2.75) is 13.0 Å². The van der Waals surface area contributed by atoms with Crippen LogP contribution in [0.5, 0.6) is 0 Å². The van der Waals surface area contributed by atoms with Gasteiger partial charge in [-0.1, -0.05) is 12.1 Å². The van der Waals surface area contributed by atoms with Crippen LogP contribution in [0.4, 0.5) is 4.79 Å². The first-order valence-corrected chi connectivity index (χ1v) is 6.03. The van der Waals surface area contributed by atoms with Gasteiger partial charge in [-0.15, -0.1) is 0 Å². The van der Waals surface area contributed by atoms with Crippen LogP contribution in [0.25, 0.3) is 5.69 Å². The minimum absolute atomic E-state index is 0.00439. The smallest absolute Gasteiger partial charge is 0.317 e. The number of amides is 2. The first kappa shape index (κ1) is 13.1. The maximum atomic E-state index is 11.6. The maximum Gasteiger partial charge on any atom is 0.317 e. The summed E-state index contributed by atoms with van der Waals surface area (Å²) < 4.78 is 1.69. The van der Waals surface area contributed by atoms with Crippen LogP contribution in [0.1, 0.15) is 18.5 Å². The van der Waals surface area contributed by atoms with Crippen LogP contribution in [-0.4, -0.2) is 39.8 Å². The predicted octanol–water partition coefficient (Wildman–Crippen LogP) is 1.60. The van der Waals surface area contributed by atoms with Crippen molar-refractivity contribution >= 4 is 6.03 Å². The SMILES string of the molecule is CNC(=O)N(C)C(C)c1ccc(-n2cncn2)cc1. The van der Waals surface area contributed by atoms with Crippen molar-refractivity contribution in [3.63, 3.8) is 0 Å². The van der Waals surface area contributed by atoms with E-state index in [1.165, 1.54) is 6.33 Å². The van der Waals surface area contributed by atoms with Crippen LogP contribution in [0, 0.1) is 0 Å². The van der Waals surface area contributed by atoms with E-state index in [0.717, 1.165) is 11.3 Å². The monoisotopic (exact) mass is 259 g/mol. The fourth-order valence-corrected chi connectivity index (χ4v) is 1.82. The third-order valence-electron chi connectivity index (χ3n) is 3.17. The first-order valence-electron chi connectivity index (χ1n) is 6.03. The molecule has 19 heavy (non-hydrogen) atoms. The van der Waals surface area contributed by atoms with Crippen LogP contribution in [-0.2, 0) is 0 Å². The fraction of sp³-hybridized carbons (Fsp3) is 0.308. The molecule has 1 aromatic carbocycles. The molecule has 1 heterocycles. The average Bonchev–Trinajstić information content (AvgIpc) is 2.99. The van der Waals surface area contributed by atoms with Crippen LogP contribution in [0.15, 0.2) is 36.9 Å². The summed E-state index contributed by atoms with van der Waals surface area (Å²) in [6.07, 6.45) is 3.14. The Morgan fingerprint density at radius 1 is 1.37 bits per heavy atom. The third kappa shape index (κ3) is 2.73. The molecule has 0 aliphatic rings. The molecule has 6 heteroatoms. The van der Waals surface area contributed by atoms with E-state index in [-0.39, 0.29) is 12.1 Å². The molecule has 2 aromatic rings. The summed E-state index contributed by atoms with van der Waals surface area (Å²) in [4.78, 5) is 17.1. The lowest BCUT2D eigenvalue weighted by molar-refractivity contribution is 0.197. The zero-order chi connectivity index (χ0) is 13.8. The minimum Gasteiger partial charge on any atom is -0.341 e. The average molecular weight is 259 g/mol. The molecule has 0 spiro atoms. The van der Waals surface area contributed by atoms with Gasteiger partial charge in [0.25, 0.3) is 0 Å². The Hall–Kier alpha value is -2.37. The largest absolute Gasteiger partial charge is 0.341 e. The number of rotatable bonds is 3. The molecular formula is C13H17N5O. The van der Waals surface area contributed by atoms with Gasteiger partial charge in [-0.25, -0.2) is 14.5 Å². The molecule has 6 nitrogen and oxygen atoms in total. The summed E-state index contributed by atoms with van der Waals surface area (Å²) in [6, 6.07) is 7.79. The van der Waals surface area contributed by atoms with Crippen LogP contribution in [0.2, 0.25) is 0 Å². The van der Waals surface area contributed by atoms with Gasteiger partial charge in [-0.05, 0) is 24.6 Å². The van der Waals surface area contributed by atoms with Gasteiger partial charge >= 0.3 is 6.03 Å². The second-order valence-corrected chi connectivity index (χ2v) is 4.27. The maximum absolute atomic E-state index is 11.6. The van der Waals surface area contributed by atoms with Gasteiger partial charge in [0.2, 0.25) is 0 Å². The van der Waals surface area contributed by atoms with Crippen molar-refractivity contribution in [1.29, 1.82) is 0 Å². The third-order valence-corrected chi connectivity index (χ3v) is 3.17. The lowest BCUT2D eigenvalue weighted by atomic mass is 10.1. The predicted molar refractivity (Wildman–Crippen MR) is 72.0 cm³/mol.